The fraction of sp³-hybridized carbons (Fsp3) is 1.00. The third kappa shape index (κ3) is 8.68. The van der Waals surface area contributed by atoms with Gasteiger partial charge in [0, 0.05) is 6.04 Å². The maximum absolute atomic E-state index is 3.73. The quantitative estimate of drug-likeness (QED) is 0.474. The number of hydrogen-bond acceptors (Lipinski definition) is 1. The van der Waals surface area contributed by atoms with E-state index in [0.717, 1.165) is 12.0 Å². The first-order chi connectivity index (χ1) is 9.36. The summed E-state index contributed by atoms with van der Waals surface area (Å²) in [5.41, 5.74) is 0. The molecule has 19 heavy (non-hydrogen) atoms. The minimum absolute atomic E-state index is 0.836. The molecule has 1 nitrogen and oxygen atoms in total. The summed E-state index contributed by atoms with van der Waals surface area (Å²) < 4.78 is 0. The van der Waals surface area contributed by atoms with E-state index in [9.17, 15) is 0 Å². The van der Waals surface area contributed by atoms with Gasteiger partial charge in [0.05, 0.1) is 0 Å². The zero-order valence-electron chi connectivity index (χ0n) is 13.6. The fourth-order valence-corrected chi connectivity index (χ4v) is 3.48. The molecule has 1 fully saturated rings. The normalized spacial score (nSPS) is 23.7. The van der Waals surface area contributed by atoms with Gasteiger partial charge in [-0.3, -0.25) is 0 Å². The molecule has 0 aromatic heterocycles. The molecule has 0 amide bonds. The highest BCUT2D eigenvalue weighted by Gasteiger charge is 2.20. The van der Waals surface area contributed by atoms with E-state index in [1.807, 2.05) is 0 Å². The summed E-state index contributed by atoms with van der Waals surface area (Å²) >= 11 is 0. The van der Waals surface area contributed by atoms with E-state index < -0.39 is 0 Å². The first-order valence-corrected chi connectivity index (χ1v) is 9.10. The second-order valence-corrected chi connectivity index (χ2v) is 6.59. The Balaban J connectivity index is 1.96. The Morgan fingerprint density at radius 2 is 1.58 bits per heavy atom. The van der Waals surface area contributed by atoms with Crippen LogP contribution in [0.5, 0.6) is 0 Å². The maximum Gasteiger partial charge on any atom is 0.00697 e. The van der Waals surface area contributed by atoms with Crippen molar-refractivity contribution in [3.05, 3.63) is 0 Å². The van der Waals surface area contributed by atoms with Crippen LogP contribution in [0.1, 0.15) is 97.3 Å². The molecule has 1 rings (SSSR count). The molecule has 0 spiro atoms. The lowest BCUT2D eigenvalue weighted by Crippen LogP contribution is -2.34. The Hall–Kier alpha value is -0.0400. The highest BCUT2D eigenvalue weighted by Crippen LogP contribution is 2.28. The van der Waals surface area contributed by atoms with E-state index in [4.69, 9.17) is 0 Å². The lowest BCUT2D eigenvalue weighted by molar-refractivity contribution is 0.267. The molecule has 1 aliphatic rings. The van der Waals surface area contributed by atoms with E-state index in [0.29, 0.717) is 0 Å². The van der Waals surface area contributed by atoms with E-state index >= 15 is 0 Å². The Morgan fingerprint density at radius 1 is 0.842 bits per heavy atom. The van der Waals surface area contributed by atoms with Gasteiger partial charge in [-0.25, -0.2) is 0 Å². The molecule has 1 saturated carbocycles. The van der Waals surface area contributed by atoms with Crippen molar-refractivity contribution in [3.63, 3.8) is 0 Å². The predicted octanol–water partition coefficient (Wildman–Crippen LogP) is 5.69. The van der Waals surface area contributed by atoms with E-state index in [1.54, 1.807) is 0 Å². The van der Waals surface area contributed by atoms with Crippen molar-refractivity contribution in [3.8, 4) is 0 Å². The van der Waals surface area contributed by atoms with Crippen LogP contribution in [0.4, 0.5) is 0 Å². The zero-order chi connectivity index (χ0) is 13.8. The van der Waals surface area contributed by atoms with Crippen LogP contribution in [0.2, 0.25) is 0 Å². The van der Waals surface area contributed by atoms with Crippen LogP contribution in [-0.4, -0.2) is 12.6 Å². The maximum atomic E-state index is 3.73. The highest BCUT2D eigenvalue weighted by atomic mass is 14.9. The van der Waals surface area contributed by atoms with E-state index in [-0.39, 0.29) is 0 Å². The molecule has 1 aliphatic carbocycles. The predicted molar refractivity (Wildman–Crippen MR) is 86.6 cm³/mol. The summed E-state index contributed by atoms with van der Waals surface area (Å²) in [5, 5.41) is 3.73. The first-order valence-electron chi connectivity index (χ1n) is 9.10. The third-order valence-corrected chi connectivity index (χ3v) is 4.68. The second-order valence-electron chi connectivity index (χ2n) is 6.59. The molecular formula is C18H37N. The van der Waals surface area contributed by atoms with Gasteiger partial charge in [-0.2, -0.15) is 0 Å². The van der Waals surface area contributed by atoms with Crippen LogP contribution in [0.15, 0.2) is 0 Å². The van der Waals surface area contributed by atoms with Gasteiger partial charge in [0.15, 0.2) is 0 Å². The zero-order valence-corrected chi connectivity index (χ0v) is 13.6. The lowest BCUT2D eigenvalue weighted by atomic mass is 9.82. The van der Waals surface area contributed by atoms with Crippen LogP contribution in [-0.2, 0) is 0 Å². The van der Waals surface area contributed by atoms with Crippen LogP contribution >= 0.6 is 0 Å². The molecule has 0 bridgehead atoms. The van der Waals surface area contributed by atoms with Crippen LogP contribution in [0.25, 0.3) is 0 Å². The van der Waals surface area contributed by atoms with Crippen LogP contribution in [0, 0.1) is 5.92 Å². The van der Waals surface area contributed by atoms with Crippen LogP contribution < -0.4 is 5.32 Å². The Morgan fingerprint density at radius 3 is 2.32 bits per heavy atom. The van der Waals surface area contributed by atoms with Gasteiger partial charge in [0.2, 0.25) is 0 Å². The van der Waals surface area contributed by atoms with E-state index in [1.165, 1.54) is 90.0 Å². The summed E-state index contributed by atoms with van der Waals surface area (Å²) in [6.45, 7) is 5.78. The molecule has 0 heterocycles. The van der Waals surface area contributed by atoms with Crippen molar-refractivity contribution in [1.29, 1.82) is 0 Å². The number of rotatable bonds is 11. The fourth-order valence-electron chi connectivity index (χ4n) is 3.48. The van der Waals surface area contributed by atoms with Gasteiger partial charge in [0.1, 0.15) is 0 Å². The largest absolute Gasteiger partial charge is 0.314 e. The van der Waals surface area contributed by atoms with Gasteiger partial charge in [0.25, 0.3) is 0 Å². The van der Waals surface area contributed by atoms with E-state index in [2.05, 4.69) is 19.2 Å². The summed E-state index contributed by atoms with van der Waals surface area (Å²) in [7, 11) is 0. The molecule has 1 heteroatoms. The molecule has 2 atom stereocenters. The minimum Gasteiger partial charge on any atom is -0.314 e. The molecule has 114 valence electrons. The van der Waals surface area contributed by atoms with Crippen molar-refractivity contribution in [1.82, 2.24) is 5.32 Å². The molecule has 0 aliphatic heterocycles. The standard InChI is InChI=1S/C18H37N/c1-3-5-6-7-8-9-10-12-17-13-11-14-18(16-17)19-15-4-2/h17-19H,3-16H2,1-2H3. The lowest BCUT2D eigenvalue weighted by Gasteiger charge is -2.30. The van der Waals surface area contributed by atoms with Crippen molar-refractivity contribution in [2.75, 3.05) is 6.54 Å². The van der Waals surface area contributed by atoms with Gasteiger partial charge in [-0.05, 0) is 31.7 Å². The summed E-state index contributed by atoms with van der Waals surface area (Å²) in [6, 6.07) is 0.836. The SMILES string of the molecule is CCCCCCCCCC1CCCC(NCCC)C1. The molecular weight excluding hydrogens is 230 g/mol. The molecule has 1 N–H and O–H groups in total. The smallest absolute Gasteiger partial charge is 0.00697 e. The molecule has 0 radical (unpaired) electrons. The van der Waals surface area contributed by atoms with Gasteiger partial charge >= 0.3 is 0 Å². The first kappa shape index (κ1) is 17.0. The third-order valence-electron chi connectivity index (χ3n) is 4.68. The second kappa shape index (κ2) is 11.8. The summed E-state index contributed by atoms with van der Waals surface area (Å²) in [5.74, 6) is 1.03. The van der Waals surface area contributed by atoms with Gasteiger partial charge < -0.3 is 5.32 Å². The minimum atomic E-state index is 0.836. The Bertz CT molecular complexity index is 190. The number of nitrogens with one attached hydrogen (secondary N) is 1. The average Bonchev–Trinajstić information content (AvgIpc) is 2.44. The van der Waals surface area contributed by atoms with Gasteiger partial charge in [-0.1, -0.05) is 78.1 Å². The number of unbranched alkanes of at least 4 members (excludes halogenated alkanes) is 6. The molecule has 0 aromatic carbocycles. The monoisotopic (exact) mass is 267 g/mol. The highest BCUT2D eigenvalue weighted by molar-refractivity contribution is 4.77. The van der Waals surface area contributed by atoms with Crippen molar-refractivity contribution < 1.29 is 0 Å². The van der Waals surface area contributed by atoms with Crippen molar-refractivity contribution in [2.45, 2.75) is 103 Å². The molecule has 2 unspecified atom stereocenters. The van der Waals surface area contributed by atoms with Gasteiger partial charge in [-0.15, -0.1) is 0 Å². The van der Waals surface area contributed by atoms with Crippen molar-refractivity contribution >= 4 is 0 Å². The van der Waals surface area contributed by atoms with Crippen molar-refractivity contribution in [2.24, 2.45) is 5.92 Å². The number of hydrogen-bond donors (Lipinski definition) is 1. The Kier molecular flexibility index (Phi) is 10.5. The summed E-state index contributed by atoms with van der Waals surface area (Å²) in [4.78, 5) is 0. The topological polar surface area (TPSA) is 12.0 Å². The molecule has 0 saturated heterocycles. The molecule has 0 aromatic rings. The Labute approximate surface area is 121 Å². The summed E-state index contributed by atoms with van der Waals surface area (Å²) in [6.07, 6.45) is 18.8. The average molecular weight is 268 g/mol. The van der Waals surface area contributed by atoms with Crippen LogP contribution in [0.3, 0.4) is 0 Å².